The number of rotatable bonds is 5. The van der Waals surface area contributed by atoms with Crippen molar-refractivity contribution in [3.05, 3.63) is 59.9 Å². The summed E-state index contributed by atoms with van der Waals surface area (Å²) in [6.45, 7) is 4.47. The number of aryl methyl sites for hydroxylation is 1. The number of ether oxygens (including phenoxy) is 1. The first-order valence-corrected chi connectivity index (χ1v) is 6.82. The van der Waals surface area contributed by atoms with Gasteiger partial charge in [-0.05, 0) is 49.8 Å². The van der Waals surface area contributed by atoms with Gasteiger partial charge in [-0.3, -0.25) is 9.78 Å². The van der Waals surface area contributed by atoms with E-state index in [0.717, 1.165) is 22.7 Å². The van der Waals surface area contributed by atoms with Crippen molar-refractivity contribution in [2.24, 2.45) is 0 Å². The fourth-order valence-corrected chi connectivity index (χ4v) is 1.82. The molecular formula is C17H18N2O2. The monoisotopic (exact) mass is 282 g/mol. The number of benzene rings is 1. The zero-order valence-corrected chi connectivity index (χ0v) is 12.2. The summed E-state index contributed by atoms with van der Waals surface area (Å²) in [5.41, 5.74) is 2.55. The maximum Gasteiger partial charge on any atom is 0.248 e. The highest BCUT2D eigenvalue weighted by Gasteiger charge is 1.98. The van der Waals surface area contributed by atoms with Gasteiger partial charge in [-0.25, -0.2) is 0 Å². The van der Waals surface area contributed by atoms with Crippen molar-refractivity contribution in [2.45, 2.75) is 13.8 Å². The second-order valence-corrected chi connectivity index (χ2v) is 4.51. The highest BCUT2D eigenvalue weighted by molar-refractivity contribution is 6.01. The third kappa shape index (κ3) is 4.76. The van der Waals surface area contributed by atoms with Gasteiger partial charge in [0.1, 0.15) is 5.75 Å². The van der Waals surface area contributed by atoms with E-state index in [0.29, 0.717) is 6.61 Å². The Hall–Kier alpha value is -2.62. The van der Waals surface area contributed by atoms with Crippen LogP contribution in [0.5, 0.6) is 5.75 Å². The molecule has 1 N–H and O–H groups in total. The minimum absolute atomic E-state index is 0.172. The number of carbonyl (C=O) groups is 1. The number of hydrogen-bond acceptors (Lipinski definition) is 3. The van der Waals surface area contributed by atoms with E-state index in [1.807, 2.05) is 44.2 Å². The number of amides is 1. The van der Waals surface area contributed by atoms with Gasteiger partial charge in [0, 0.05) is 23.7 Å². The second kappa shape index (κ2) is 7.24. The SMILES string of the molecule is CCOc1ccc(/C=C/C(=O)Nc2ccnc(C)c2)cc1. The number of nitrogens with one attached hydrogen (secondary N) is 1. The molecule has 4 heteroatoms. The van der Waals surface area contributed by atoms with Crippen LogP contribution in [0.3, 0.4) is 0 Å². The molecule has 1 amide bonds. The topological polar surface area (TPSA) is 51.2 Å². The van der Waals surface area contributed by atoms with Crippen LogP contribution in [0.15, 0.2) is 48.7 Å². The van der Waals surface area contributed by atoms with E-state index in [4.69, 9.17) is 4.74 Å². The van der Waals surface area contributed by atoms with Gasteiger partial charge in [-0.2, -0.15) is 0 Å². The van der Waals surface area contributed by atoms with Gasteiger partial charge < -0.3 is 10.1 Å². The Balaban J connectivity index is 1.95. The van der Waals surface area contributed by atoms with Crippen LogP contribution < -0.4 is 10.1 Å². The predicted octanol–water partition coefficient (Wildman–Crippen LogP) is 3.44. The van der Waals surface area contributed by atoms with E-state index in [1.54, 1.807) is 18.3 Å². The van der Waals surface area contributed by atoms with Crippen LogP contribution in [-0.2, 0) is 4.79 Å². The predicted molar refractivity (Wildman–Crippen MR) is 84.2 cm³/mol. The molecule has 0 aliphatic carbocycles. The molecule has 1 aromatic carbocycles. The molecule has 108 valence electrons. The molecule has 0 bridgehead atoms. The number of aromatic nitrogens is 1. The van der Waals surface area contributed by atoms with E-state index in [9.17, 15) is 4.79 Å². The normalized spacial score (nSPS) is 10.6. The molecule has 1 aromatic heterocycles. The van der Waals surface area contributed by atoms with Crippen LogP contribution >= 0.6 is 0 Å². The van der Waals surface area contributed by atoms with E-state index in [2.05, 4.69) is 10.3 Å². The average molecular weight is 282 g/mol. The first kappa shape index (κ1) is 14.8. The fraction of sp³-hybridized carbons (Fsp3) is 0.176. The highest BCUT2D eigenvalue weighted by atomic mass is 16.5. The molecule has 1 heterocycles. The standard InChI is InChI=1S/C17H18N2O2/c1-3-21-16-7-4-14(5-8-16)6-9-17(20)19-15-10-11-18-13(2)12-15/h4-12H,3H2,1-2H3,(H,18,19,20)/b9-6+. The Morgan fingerprint density at radius 1 is 1.29 bits per heavy atom. The Labute approximate surface area is 124 Å². The van der Waals surface area contributed by atoms with Gasteiger partial charge in [0.25, 0.3) is 0 Å². The van der Waals surface area contributed by atoms with Crippen molar-refractivity contribution in [3.63, 3.8) is 0 Å². The number of carbonyl (C=O) groups excluding carboxylic acids is 1. The van der Waals surface area contributed by atoms with Gasteiger partial charge >= 0.3 is 0 Å². The van der Waals surface area contributed by atoms with Crippen LogP contribution in [0, 0.1) is 6.92 Å². The molecule has 0 radical (unpaired) electrons. The minimum Gasteiger partial charge on any atom is -0.494 e. The molecule has 4 nitrogen and oxygen atoms in total. The summed E-state index contributed by atoms with van der Waals surface area (Å²) in [5.74, 6) is 0.654. The second-order valence-electron chi connectivity index (χ2n) is 4.51. The van der Waals surface area contributed by atoms with Crippen molar-refractivity contribution in [1.82, 2.24) is 4.98 Å². The lowest BCUT2D eigenvalue weighted by Crippen LogP contribution is -2.07. The first-order chi connectivity index (χ1) is 10.2. The van der Waals surface area contributed by atoms with Crippen LogP contribution in [-0.4, -0.2) is 17.5 Å². The molecule has 0 saturated heterocycles. The Morgan fingerprint density at radius 3 is 2.71 bits per heavy atom. The lowest BCUT2D eigenvalue weighted by atomic mass is 10.2. The summed E-state index contributed by atoms with van der Waals surface area (Å²) in [6, 6.07) is 11.2. The molecule has 2 aromatic rings. The molecule has 0 atom stereocenters. The summed E-state index contributed by atoms with van der Waals surface area (Å²) >= 11 is 0. The minimum atomic E-state index is -0.172. The molecule has 0 spiro atoms. The summed E-state index contributed by atoms with van der Waals surface area (Å²) < 4.78 is 5.37. The van der Waals surface area contributed by atoms with E-state index in [-0.39, 0.29) is 5.91 Å². The Kier molecular flexibility index (Phi) is 5.10. The van der Waals surface area contributed by atoms with Crippen molar-refractivity contribution < 1.29 is 9.53 Å². The van der Waals surface area contributed by atoms with Crippen LogP contribution in [0.1, 0.15) is 18.2 Å². The maximum atomic E-state index is 11.8. The molecule has 0 aliphatic heterocycles. The Morgan fingerprint density at radius 2 is 2.05 bits per heavy atom. The van der Waals surface area contributed by atoms with Crippen molar-refractivity contribution in [3.8, 4) is 5.75 Å². The van der Waals surface area contributed by atoms with Gasteiger partial charge in [-0.1, -0.05) is 12.1 Å². The first-order valence-electron chi connectivity index (χ1n) is 6.82. The molecule has 0 saturated carbocycles. The molecular weight excluding hydrogens is 264 g/mol. The van der Waals surface area contributed by atoms with E-state index >= 15 is 0 Å². The van der Waals surface area contributed by atoms with Crippen molar-refractivity contribution in [2.75, 3.05) is 11.9 Å². The summed E-state index contributed by atoms with van der Waals surface area (Å²) in [6.07, 6.45) is 4.94. The third-order valence-electron chi connectivity index (χ3n) is 2.78. The number of pyridine rings is 1. The van der Waals surface area contributed by atoms with E-state index in [1.165, 1.54) is 6.08 Å². The van der Waals surface area contributed by atoms with Crippen molar-refractivity contribution >= 4 is 17.7 Å². The highest BCUT2D eigenvalue weighted by Crippen LogP contribution is 2.13. The number of anilines is 1. The van der Waals surface area contributed by atoms with Crippen LogP contribution in [0.4, 0.5) is 5.69 Å². The molecule has 0 fully saturated rings. The Bertz CT molecular complexity index is 633. The fourth-order valence-electron chi connectivity index (χ4n) is 1.82. The third-order valence-corrected chi connectivity index (χ3v) is 2.78. The van der Waals surface area contributed by atoms with Gasteiger partial charge in [0.15, 0.2) is 0 Å². The zero-order valence-electron chi connectivity index (χ0n) is 12.2. The number of hydrogen-bond donors (Lipinski definition) is 1. The zero-order chi connectivity index (χ0) is 15.1. The summed E-state index contributed by atoms with van der Waals surface area (Å²) in [5, 5.41) is 2.79. The van der Waals surface area contributed by atoms with Crippen LogP contribution in [0.25, 0.3) is 6.08 Å². The van der Waals surface area contributed by atoms with Gasteiger partial charge in [0.2, 0.25) is 5.91 Å². The maximum absolute atomic E-state index is 11.8. The molecule has 0 unspecified atom stereocenters. The lowest BCUT2D eigenvalue weighted by Gasteiger charge is -2.03. The lowest BCUT2D eigenvalue weighted by molar-refractivity contribution is -0.111. The van der Waals surface area contributed by atoms with E-state index < -0.39 is 0 Å². The average Bonchev–Trinajstić information content (AvgIpc) is 2.47. The number of nitrogens with zero attached hydrogens (tertiary/aromatic N) is 1. The molecule has 21 heavy (non-hydrogen) atoms. The summed E-state index contributed by atoms with van der Waals surface area (Å²) in [7, 11) is 0. The smallest absolute Gasteiger partial charge is 0.248 e. The quantitative estimate of drug-likeness (QED) is 0.855. The van der Waals surface area contributed by atoms with Crippen molar-refractivity contribution in [1.29, 1.82) is 0 Å². The van der Waals surface area contributed by atoms with Gasteiger partial charge in [-0.15, -0.1) is 0 Å². The largest absolute Gasteiger partial charge is 0.494 e. The molecule has 0 aliphatic rings. The summed E-state index contributed by atoms with van der Waals surface area (Å²) in [4.78, 5) is 15.9. The van der Waals surface area contributed by atoms with Crippen LogP contribution in [0.2, 0.25) is 0 Å². The molecule has 2 rings (SSSR count). The van der Waals surface area contributed by atoms with Gasteiger partial charge in [0.05, 0.1) is 6.61 Å².